The number of halogens is 2. The van der Waals surface area contributed by atoms with Crippen LogP contribution in [-0.4, -0.2) is 115 Å². The number of aromatic nitrogens is 8. The summed E-state index contributed by atoms with van der Waals surface area (Å²) in [6.07, 6.45) is -9.81. The van der Waals surface area contributed by atoms with Crippen LogP contribution in [0.5, 0.6) is 0 Å². The number of carbonyl (C=O) groups excluding carboxylic acids is 2. The minimum atomic E-state index is -4.66. The molecule has 0 unspecified atom stereocenters. The number of carbonyl (C=O) groups is 2. The Morgan fingerprint density at radius 1 is 0.812 bits per heavy atom. The lowest BCUT2D eigenvalue weighted by Gasteiger charge is -2.29. The molecule has 3 fully saturated rings. The Morgan fingerprint density at radius 2 is 1.38 bits per heavy atom. The largest absolute Gasteiger partial charge is 0.349 e. The van der Waals surface area contributed by atoms with Gasteiger partial charge in [-0.25, -0.2) is 38.7 Å². The number of imidazole rings is 2. The van der Waals surface area contributed by atoms with Crippen LogP contribution in [-0.2, 0) is 49.2 Å². The number of ether oxygens (including phenoxy) is 2. The second-order valence-electron chi connectivity index (χ2n) is 14.4. The molecule has 4 aromatic heterocycles. The smallest absolute Gasteiger partial charge is 0.327 e. The van der Waals surface area contributed by atoms with Crippen LogP contribution in [0, 0.1) is 11.3 Å². The third-order valence-electron chi connectivity index (χ3n) is 10.4. The molecule has 26 heteroatoms. The van der Waals surface area contributed by atoms with Crippen LogP contribution in [0.3, 0.4) is 0 Å². The number of alkyl halides is 2. The molecule has 9 rings (SSSR count). The second kappa shape index (κ2) is 18.0. The number of anilines is 2. The van der Waals surface area contributed by atoms with Crippen LogP contribution in [0.2, 0.25) is 0 Å². The monoisotopic (exact) mass is 937 g/mol. The summed E-state index contributed by atoms with van der Waals surface area (Å²) in [6, 6.07) is 18.6. The fourth-order valence-corrected chi connectivity index (χ4v) is 10.6. The van der Waals surface area contributed by atoms with Gasteiger partial charge in [-0.2, -0.15) is 13.7 Å². The quantitative estimate of drug-likeness (QED) is 0.116. The van der Waals surface area contributed by atoms with Gasteiger partial charge in [0, 0.05) is 11.1 Å². The third kappa shape index (κ3) is 8.71. The maximum atomic E-state index is 16.7. The van der Waals surface area contributed by atoms with Crippen LogP contribution in [0.25, 0.3) is 22.3 Å². The van der Waals surface area contributed by atoms with Crippen molar-refractivity contribution in [1.29, 1.82) is 5.26 Å². The van der Waals surface area contributed by atoms with E-state index in [2.05, 4.69) is 40.5 Å². The van der Waals surface area contributed by atoms with E-state index < -0.39 is 96.6 Å². The lowest BCUT2D eigenvalue weighted by molar-refractivity contribution is -0.0522. The van der Waals surface area contributed by atoms with Crippen molar-refractivity contribution < 1.29 is 54.0 Å². The highest BCUT2D eigenvalue weighted by atomic mass is 32.5. The summed E-state index contributed by atoms with van der Waals surface area (Å²) in [6.45, 7) is -5.20. The molecule has 2 bridgehead atoms. The van der Waals surface area contributed by atoms with Gasteiger partial charge in [-0.3, -0.25) is 27.4 Å². The predicted molar refractivity (Wildman–Crippen MR) is 222 cm³/mol. The zero-order chi connectivity index (χ0) is 44.6. The van der Waals surface area contributed by atoms with E-state index in [1.54, 1.807) is 60.7 Å². The fraction of sp³-hybridized carbons (Fsp3) is 0.342. The molecule has 3 aliphatic heterocycles. The van der Waals surface area contributed by atoms with E-state index in [-0.39, 0.29) is 47.0 Å². The number of nitriles is 1. The Balaban J connectivity index is 1.01. The summed E-state index contributed by atoms with van der Waals surface area (Å²) in [4.78, 5) is 51.4. The summed E-state index contributed by atoms with van der Waals surface area (Å²) >= 11 is 5.77. The molecule has 0 radical (unpaired) electrons. The SMILES string of the molecule is N#CCCO[P@]1(=S)OC[C@H]2O[C@@H](n3cnc4c(NC(=O)c5ccccc5)ncnc43)[C@H](F)[C@@H]2OS(=O)(=O)CC[C@H]2O[C@@H](n3cnc4c(NC(=O)c5ccccc5)ncnc43)[C@H](O1)[C@@H]2F. The normalized spacial score (nSPS) is 28.0. The number of amides is 2. The van der Waals surface area contributed by atoms with Crippen molar-refractivity contribution in [3.63, 3.8) is 0 Å². The van der Waals surface area contributed by atoms with Gasteiger partial charge in [-0.15, -0.1) is 0 Å². The first kappa shape index (κ1) is 43.4. The van der Waals surface area contributed by atoms with E-state index in [9.17, 15) is 23.3 Å². The molecule has 3 saturated heterocycles. The first-order chi connectivity index (χ1) is 30.9. The van der Waals surface area contributed by atoms with E-state index in [1.807, 2.05) is 6.07 Å². The van der Waals surface area contributed by atoms with Gasteiger partial charge >= 0.3 is 6.72 Å². The molecular formula is C38H34F2N11O10PS2. The Kier molecular flexibility index (Phi) is 12.2. The zero-order valence-corrected chi connectivity index (χ0v) is 35.4. The molecular weight excluding hydrogens is 904 g/mol. The van der Waals surface area contributed by atoms with Gasteiger partial charge in [0.1, 0.15) is 31.0 Å². The third-order valence-corrected chi connectivity index (χ3v) is 14.0. The number of hydrogen-bond acceptors (Lipinski definition) is 18. The summed E-state index contributed by atoms with van der Waals surface area (Å²) in [5.41, 5.74) is 0.948. The number of nitrogens with one attached hydrogen (secondary N) is 2. The highest BCUT2D eigenvalue weighted by Crippen LogP contribution is 2.56. The van der Waals surface area contributed by atoms with Gasteiger partial charge < -0.3 is 29.2 Å². The Morgan fingerprint density at radius 3 is 1.95 bits per heavy atom. The van der Waals surface area contributed by atoms with Crippen molar-refractivity contribution >= 4 is 74.4 Å². The lowest BCUT2D eigenvalue weighted by Crippen LogP contribution is -2.37. The number of benzene rings is 2. The minimum absolute atomic E-state index is 0.0100. The number of nitrogens with zero attached hydrogens (tertiary/aromatic N) is 9. The topological polar surface area (TPSA) is 259 Å². The molecule has 0 saturated carbocycles. The molecule has 0 spiro atoms. The summed E-state index contributed by atoms with van der Waals surface area (Å²) in [5.74, 6) is -1.78. The Labute approximate surface area is 366 Å². The average Bonchev–Trinajstić information content (AvgIpc) is 4.07. The van der Waals surface area contributed by atoms with Gasteiger partial charge in [0.2, 0.25) is 0 Å². The number of hydrogen-bond donors (Lipinski definition) is 2. The Bertz CT molecular complexity index is 2910. The van der Waals surface area contributed by atoms with Crippen LogP contribution >= 0.6 is 6.72 Å². The highest BCUT2D eigenvalue weighted by molar-refractivity contribution is 8.07. The van der Waals surface area contributed by atoms with Crippen LogP contribution in [0.4, 0.5) is 20.4 Å². The highest BCUT2D eigenvalue weighted by Gasteiger charge is 2.54. The first-order valence-electron chi connectivity index (χ1n) is 19.4. The van der Waals surface area contributed by atoms with Crippen molar-refractivity contribution in [3.8, 4) is 6.07 Å². The molecule has 3 aliphatic rings. The predicted octanol–water partition coefficient (Wildman–Crippen LogP) is 4.32. The molecule has 6 aromatic rings. The van der Waals surface area contributed by atoms with Crippen molar-refractivity contribution in [2.45, 2.75) is 62.1 Å². The molecule has 0 aliphatic carbocycles. The molecule has 332 valence electrons. The maximum absolute atomic E-state index is 16.7. The molecule has 2 aromatic carbocycles. The average molecular weight is 938 g/mol. The van der Waals surface area contributed by atoms with Crippen molar-refractivity contribution in [2.24, 2.45) is 0 Å². The van der Waals surface area contributed by atoms with Gasteiger partial charge in [0.05, 0.1) is 50.2 Å². The second-order valence-corrected chi connectivity index (χ2v) is 19.1. The van der Waals surface area contributed by atoms with Gasteiger partial charge in [0.25, 0.3) is 21.9 Å². The number of rotatable bonds is 9. The molecule has 64 heavy (non-hydrogen) atoms. The van der Waals surface area contributed by atoms with E-state index >= 15 is 8.78 Å². The Hall–Kier alpha value is -5.81. The zero-order valence-electron chi connectivity index (χ0n) is 32.9. The molecule has 2 N–H and O–H groups in total. The summed E-state index contributed by atoms with van der Waals surface area (Å²) < 4.78 is 98.8. The van der Waals surface area contributed by atoms with Crippen LogP contribution in [0.15, 0.2) is 86.0 Å². The van der Waals surface area contributed by atoms with Gasteiger partial charge in [-0.1, -0.05) is 36.4 Å². The maximum Gasteiger partial charge on any atom is 0.327 e. The van der Waals surface area contributed by atoms with Crippen LogP contribution in [0.1, 0.15) is 46.0 Å². The minimum Gasteiger partial charge on any atom is -0.349 e. The summed E-state index contributed by atoms with van der Waals surface area (Å²) in [7, 11) is -4.66. The van der Waals surface area contributed by atoms with E-state index in [0.29, 0.717) is 11.1 Å². The standard InChI is InChI=1S/C38H34F2N11O10PS2/c39-25-23-12-15-64(54,55)61-29-24(59-37(26(29)40)50-19-46-27-31(42-17-44-33(27)50)48-35(52)21-8-3-1-4-9-21)16-57-62(63,56-14-7-13-41)60-30(25)38(58-23)51-20-47-28-32(43-18-45-34(28)51)49-36(53)22-10-5-2-6-11-22/h1-6,8-11,17-20,23-26,29-30,37-38H,7,12,14-16H2,(H,42,44,48,52)(H,43,45,49,53)/t23-,24-,25-,26-,29-,30-,37-,38-,62+/m1/s1. The van der Waals surface area contributed by atoms with Gasteiger partial charge in [0.15, 0.2) is 58.8 Å². The lowest BCUT2D eigenvalue weighted by atomic mass is 10.1. The van der Waals surface area contributed by atoms with Crippen LogP contribution < -0.4 is 10.6 Å². The molecule has 21 nitrogen and oxygen atoms in total. The van der Waals surface area contributed by atoms with Crippen molar-refractivity contribution in [1.82, 2.24) is 39.0 Å². The molecule has 2 amide bonds. The molecule has 9 atom stereocenters. The summed E-state index contributed by atoms with van der Waals surface area (Å²) in [5, 5.41) is 14.6. The van der Waals surface area contributed by atoms with E-state index in [0.717, 1.165) is 12.7 Å². The van der Waals surface area contributed by atoms with E-state index in [1.165, 1.54) is 21.8 Å². The van der Waals surface area contributed by atoms with E-state index in [4.69, 9.17) is 39.0 Å². The fourth-order valence-electron chi connectivity index (χ4n) is 7.32. The molecule has 7 heterocycles. The first-order valence-corrected chi connectivity index (χ1v) is 23.6. The number of fused-ring (bicyclic) bond motifs is 5. The van der Waals surface area contributed by atoms with Crippen molar-refractivity contribution in [3.05, 3.63) is 97.1 Å². The van der Waals surface area contributed by atoms with Crippen molar-refractivity contribution in [2.75, 3.05) is 29.6 Å². The van der Waals surface area contributed by atoms with Gasteiger partial charge in [-0.05, 0) is 42.5 Å².